The molecule has 0 aliphatic rings. The maximum absolute atomic E-state index is 11.0. The highest BCUT2D eigenvalue weighted by molar-refractivity contribution is 5.88. The van der Waals surface area contributed by atoms with Gasteiger partial charge in [0.05, 0.1) is 11.4 Å². The summed E-state index contributed by atoms with van der Waals surface area (Å²) in [5.41, 5.74) is 7.63. The molecule has 0 atom stereocenters. The Bertz CT molecular complexity index is 1650. The van der Waals surface area contributed by atoms with Gasteiger partial charge in [0.25, 0.3) is 0 Å². The quantitative estimate of drug-likeness (QED) is 0.421. The largest absolute Gasteiger partial charge is 0.326 e. The molecule has 0 saturated carbocycles. The number of fused-ring (bicyclic) bond motifs is 2. The zero-order chi connectivity index (χ0) is 25.4. The lowest BCUT2D eigenvalue weighted by atomic mass is 10.2. The van der Waals surface area contributed by atoms with Crippen LogP contribution in [0, 0.1) is 20.8 Å². The fraction of sp³-hybridized carbons (Fsp3) is 0.320. The highest BCUT2D eigenvalue weighted by atomic mass is 16.1. The van der Waals surface area contributed by atoms with Gasteiger partial charge in [-0.15, -0.1) is 19.9 Å². The smallest absolute Gasteiger partial charge is 0.221 e. The van der Waals surface area contributed by atoms with Crippen molar-refractivity contribution in [1.29, 1.82) is 0 Å². The number of carbonyl (C=O) groups excluding carboxylic acids is 1. The SMILES string of the molecule is CC(=O)Nc1ccc(-c2nc3c(=C(C)C)c(C)nn3n2)cc1.CC(C)=c1c(C)nn2c(C)nnc12. The van der Waals surface area contributed by atoms with E-state index in [1.54, 1.807) is 9.15 Å². The number of aromatic nitrogens is 8. The Morgan fingerprint density at radius 1 is 0.771 bits per heavy atom. The van der Waals surface area contributed by atoms with Crippen molar-refractivity contribution >= 4 is 34.0 Å². The van der Waals surface area contributed by atoms with E-state index < -0.39 is 0 Å². The third kappa shape index (κ3) is 4.59. The molecule has 0 radical (unpaired) electrons. The summed E-state index contributed by atoms with van der Waals surface area (Å²) in [7, 11) is 0. The van der Waals surface area contributed by atoms with Crippen molar-refractivity contribution < 1.29 is 4.79 Å². The number of nitrogens with zero attached hydrogens (tertiary/aromatic N) is 8. The molecule has 1 N–H and O–H groups in total. The summed E-state index contributed by atoms with van der Waals surface area (Å²) in [6, 6.07) is 7.43. The van der Waals surface area contributed by atoms with Crippen LogP contribution in [0.1, 0.15) is 51.8 Å². The minimum absolute atomic E-state index is 0.0927. The molecule has 5 rings (SSSR count). The Morgan fingerprint density at radius 2 is 1.37 bits per heavy atom. The Morgan fingerprint density at radius 3 is 1.97 bits per heavy atom. The van der Waals surface area contributed by atoms with Crippen LogP contribution >= 0.6 is 0 Å². The Labute approximate surface area is 202 Å². The molecule has 0 bridgehead atoms. The standard InChI is InChI=1S/C16H17N5O.C9H12N4/c1-9(2)14-10(3)19-21-16(14)18-15(20-21)12-5-7-13(8-6-12)17-11(4)22;1-5(2)8-6(3)12-13-7(4)10-11-9(8)13/h5-8H,1-4H3,(H,17,22);1-4H3. The highest BCUT2D eigenvalue weighted by Crippen LogP contribution is 2.18. The Hall–Kier alpha value is -4.21. The van der Waals surface area contributed by atoms with Crippen molar-refractivity contribution in [3.63, 3.8) is 0 Å². The monoisotopic (exact) mass is 471 g/mol. The third-order valence-electron chi connectivity index (χ3n) is 5.52. The molecule has 180 valence electrons. The van der Waals surface area contributed by atoms with E-state index in [0.717, 1.165) is 50.2 Å². The fourth-order valence-corrected chi connectivity index (χ4v) is 4.08. The molecule has 1 amide bonds. The van der Waals surface area contributed by atoms with E-state index in [-0.39, 0.29) is 5.91 Å². The number of anilines is 1. The van der Waals surface area contributed by atoms with Crippen LogP contribution in [-0.2, 0) is 4.79 Å². The van der Waals surface area contributed by atoms with Gasteiger partial charge in [0.15, 0.2) is 22.9 Å². The maximum atomic E-state index is 11.0. The van der Waals surface area contributed by atoms with Crippen LogP contribution in [0.15, 0.2) is 24.3 Å². The molecule has 0 spiro atoms. The number of hydrogen-bond donors (Lipinski definition) is 1. The lowest BCUT2D eigenvalue weighted by Crippen LogP contribution is -2.05. The Kier molecular flexibility index (Phi) is 6.29. The first kappa shape index (κ1) is 23.9. The summed E-state index contributed by atoms with van der Waals surface area (Å²) in [6.45, 7) is 15.6. The first-order valence-electron chi connectivity index (χ1n) is 11.3. The van der Waals surface area contributed by atoms with Crippen molar-refractivity contribution in [3.8, 4) is 11.4 Å². The molecule has 0 saturated heterocycles. The molecule has 4 aromatic heterocycles. The second-order valence-corrected chi connectivity index (χ2v) is 8.91. The average molecular weight is 472 g/mol. The second-order valence-electron chi connectivity index (χ2n) is 8.91. The van der Waals surface area contributed by atoms with E-state index in [2.05, 4.69) is 49.6 Å². The molecular formula is C25H29N9O. The van der Waals surface area contributed by atoms with Gasteiger partial charge in [0, 0.05) is 28.6 Å². The van der Waals surface area contributed by atoms with Gasteiger partial charge in [-0.2, -0.15) is 14.7 Å². The van der Waals surface area contributed by atoms with Crippen LogP contribution in [0.2, 0.25) is 0 Å². The summed E-state index contributed by atoms with van der Waals surface area (Å²) in [5, 5.41) is 26.2. The number of carbonyl (C=O) groups is 1. The molecule has 0 aliphatic heterocycles. The number of aryl methyl sites for hydroxylation is 3. The van der Waals surface area contributed by atoms with E-state index >= 15 is 0 Å². The van der Waals surface area contributed by atoms with E-state index in [1.165, 1.54) is 18.1 Å². The number of rotatable bonds is 2. The summed E-state index contributed by atoms with van der Waals surface area (Å²) in [6.07, 6.45) is 0. The third-order valence-corrected chi connectivity index (χ3v) is 5.52. The number of amides is 1. The predicted octanol–water partition coefficient (Wildman–Crippen LogP) is 2.62. The van der Waals surface area contributed by atoms with Crippen LogP contribution < -0.4 is 15.8 Å². The van der Waals surface area contributed by atoms with Crippen LogP contribution in [0.4, 0.5) is 5.69 Å². The predicted molar refractivity (Wildman–Crippen MR) is 135 cm³/mol. The van der Waals surface area contributed by atoms with Crippen LogP contribution in [0.5, 0.6) is 0 Å². The summed E-state index contributed by atoms with van der Waals surface area (Å²) in [4.78, 5) is 15.6. The first-order chi connectivity index (χ1) is 16.6. The molecule has 1 aromatic carbocycles. The van der Waals surface area contributed by atoms with Crippen molar-refractivity contribution in [2.75, 3.05) is 5.32 Å². The molecule has 10 heteroatoms. The van der Waals surface area contributed by atoms with Crippen molar-refractivity contribution in [2.24, 2.45) is 0 Å². The minimum atomic E-state index is -0.0927. The number of nitrogens with one attached hydrogen (secondary N) is 1. The summed E-state index contributed by atoms with van der Waals surface area (Å²) >= 11 is 0. The first-order valence-corrected chi connectivity index (χ1v) is 11.3. The molecule has 0 fully saturated rings. The molecule has 5 aromatic rings. The van der Waals surface area contributed by atoms with E-state index in [0.29, 0.717) is 5.82 Å². The summed E-state index contributed by atoms with van der Waals surface area (Å²) in [5.74, 6) is 1.37. The zero-order valence-corrected chi connectivity index (χ0v) is 21.3. The van der Waals surface area contributed by atoms with Gasteiger partial charge >= 0.3 is 0 Å². The fourth-order valence-electron chi connectivity index (χ4n) is 4.08. The van der Waals surface area contributed by atoms with Gasteiger partial charge in [-0.25, -0.2) is 4.98 Å². The van der Waals surface area contributed by atoms with Crippen LogP contribution in [0.25, 0.3) is 33.8 Å². The van der Waals surface area contributed by atoms with E-state index in [4.69, 9.17) is 0 Å². The topological polar surface area (TPSA) is 115 Å². The normalized spacial score (nSPS) is 11.0. The van der Waals surface area contributed by atoms with Gasteiger partial charge in [-0.3, -0.25) is 4.79 Å². The highest BCUT2D eigenvalue weighted by Gasteiger charge is 2.12. The average Bonchev–Trinajstić information content (AvgIpc) is 3.49. The molecular weight excluding hydrogens is 442 g/mol. The van der Waals surface area contributed by atoms with Gasteiger partial charge in [-0.05, 0) is 72.7 Å². The number of hydrogen-bond acceptors (Lipinski definition) is 7. The lowest BCUT2D eigenvalue weighted by molar-refractivity contribution is -0.114. The second kappa shape index (κ2) is 9.21. The van der Waals surface area contributed by atoms with Crippen molar-refractivity contribution in [3.05, 3.63) is 51.9 Å². The van der Waals surface area contributed by atoms with Crippen molar-refractivity contribution in [1.82, 2.24) is 39.6 Å². The maximum Gasteiger partial charge on any atom is 0.221 e. The molecule has 35 heavy (non-hydrogen) atoms. The lowest BCUT2D eigenvalue weighted by Gasteiger charge is -2.01. The number of benzene rings is 1. The molecule has 10 nitrogen and oxygen atoms in total. The van der Waals surface area contributed by atoms with Gasteiger partial charge in [0.2, 0.25) is 5.91 Å². The van der Waals surface area contributed by atoms with Crippen LogP contribution in [-0.4, -0.2) is 45.5 Å². The van der Waals surface area contributed by atoms with Gasteiger partial charge in [-0.1, -0.05) is 11.1 Å². The van der Waals surface area contributed by atoms with E-state index in [9.17, 15) is 4.79 Å². The Balaban J connectivity index is 0.000000189. The molecule has 0 aliphatic carbocycles. The molecule has 4 heterocycles. The zero-order valence-electron chi connectivity index (χ0n) is 21.3. The van der Waals surface area contributed by atoms with E-state index in [1.807, 2.05) is 58.9 Å². The van der Waals surface area contributed by atoms with Crippen LogP contribution in [0.3, 0.4) is 0 Å². The summed E-state index contributed by atoms with van der Waals surface area (Å²) < 4.78 is 3.37. The minimum Gasteiger partial charge on any atom is -0.326 e. The van der Waals surface area contributed by atoms with Crippen molar-refractivity contribution in [2.45, 2.75) is 55.4 Å². The molecule has 0 unspecified atom stereocenters. The van der Waals surface area contributed by atoms with Gasteiger partial charge < -0.3 is 5.32 Å². The van der Waals surface area contributed by atoms with Gasteiger partial charge in [0.1, 0.15) is 0 Å².